The first-order valence-electron chi connectivity index (χ1n) is 7.21. The second-order valence-corrected chi connectivity index (χ2v) is 5.23. The molecule has 0 bridgehead atoms. The van der Waals surface area contributed by atoms with Gasteiger partial charge in [0, 0.05) is 18.7 Å². The molecule has 1 N–H and O–H groups in total. The van der Waals surface area contributed by atoms with Crippen LogP contribution in [0.5, 0.6) is 0 Å². The summed E-state index contributed by atoms with van der Waals surface area (Å²) >= 11 is 0. The zero-order valence-corrected chi connectivity index (χ0v) is 12.3. The molecule has 1 amide bonds. The molecule has 0 radical (unpaired) electrons. The van der Waals surface area contributed by atoms with Gasteiger partial charge in [-0.3, -0.25) is 9.59 Å². The van der Waals surface area contributed by atoms with Crippen molar-refractivity contribution < 1.29 is 19.4 Å². The first-order chi connectivity index (χ1) is 11.1. The van der Waals surface area contributed by atoms with E-state index in [-0.39, 0.29) is 18.9 Å². The van der Waals surface area contributed by atoms with Crippen LogP contribution in [-0.4, -0.2) is 62.4 Å². The van der Waals surface area contributed by atoms with Crippen molar-refractivity contribution in [2.45, 2.75) is 12.5 Å². The summed E-state index contributed by atoms with van der Waals surface area (Å²) in [5, 5.41) is 12.9. The quantitative estimate of drug-likeness (QED) is 0.886. The number of carbonyl (C=O) groups excluding carboxylic acids is 1. The van der Waals surface area contributed by atoms with E-state index in [1.807, 2.05) is 6.07 Å². The van der Waals surface area contributed by atoms with Gasteiger partial charge in [-0.1, -0.05) is 6.07 Å². The maximum Gasteiger partial charge on any atom is 0.306 e. The van der Waals surface area contributed by atoms with Crippen LogP contribution in [0.3, 0.4) is 0 Å². The van der Waals surface area contributed by atoms with Gasteiger partial charge in [-0.15, -0.1) is 0 Å². The largest absolute Gasteiger partial charge is 0.481 e. The minimum absolute atomic E-state index is 0.108. The lowest BCUT2D eigenvalue weighted by molar-refractivity contribution is -0.141. The number of hydrogen-bond donors (Lipinski definition) is 1. The molecule has 1 fully saturated rings. The molecule has 0 aliphatic carbocycles. The van der Waals surface area contributed by atoms with Crippen LogP contribution in [-0.2, 0) is 9.53 Å². The van der Waals surface area contributed by atoms with Crippen molar-refractivity contribution in [3.05, 3.63) is 42.5 Å². The molecule has 1 aliphatic rings. The summed E-state index contributed by atoms with van der Waals surface area (Å²) in [5.41, 5.74) is 1.26. The summed E-state index contributed by atoms with van der Waals surface area (Å²) in [6.45, 7) is 1.06. The number of ether oxygens (including phenoxy) is 1. The molecule has 1 aliphatic heterocycles. The minimum atomic E-state index is -0.933. The van der Waals surface area contributed by atoms with Crippen molar-refractivity contribution in [1.29, 1.82) is 0 Å². The molecule has 1 aromatic heterocycles. The van der Waals surface area contributed by atoms with Crippen LogP contribution < -0.4 is 0 Å². The van der Waals surface area contributed by atoms with E-state index >= 15 is 0 Å². The molecule has 1 aromatic carbocycles. The van der Waals surface area contributed by atoms with Crippen LogP contribution in [0.25, 0.3) is 5.69 Å². The zero-order chi connectivity index (χ0) is 16.2. The Hall–Kier alpha value is -2.74. The lowest BCUT2D eigenvalue weighted by atomic mass is 10.1. The highest BCUT2D eigenvalue weighted by Gasteiger charge is 2.26. The van der Waals surface area contributed by atoms with Crippen molar-refractivity contribution in [1.82, 2.24) is 19.7 Å². The number of aliphatic carboxylic acids is 1. The summed E-state index contributed by atoms with van der Waals surface area (Å²) < 4.78 is 6.96. The average Bonchev–Trinajstić information content (AvgIpc) is 3.08. The van der Waals surface area contributed by atoms with Gasteiger partial charge in [0.1, 0.15) is 12.7 Å². The van der Waals surface area contributed by atoms with Crippen LogP contribution >= 0.6 is 0 Å². The van der Waals surface area contributed by atoms with Gasteiger partial charge in [-0.25, -0.2) is 9.67 Å². The van der Waals surface area contributed by atoms with E-state index in [0.29, 0.717) is 18.7 Å². The summed E-state index contributed by atoms with van der Waals surface area (Å²) in [6.07, 6.45) is 2.40. The number of aromatic nitrogens is 3. The highest BCUT2D eigenvalue weighted by molar-refractivity contribution is 5.94. The maximum atomic E-state index is 12.6. The van der Waals surface area contributed by atoms with Gasteiger partial charge in [-0.05, 0) is 18.2 Å². The molecule has 2 heterocycles. The number of carboxylic acid groups (broad SMARTS) is 1. The Morgan fingerprint density at radius 3 is 3.00 bits per heavy atom. The Bertz CT molecular complexity index is 701. The lowest BCUT2D eigenvalue weighted by Crippen LogP contribution is -2.46. The molecule has 3 rings (SSSR count). The van der Waals surface area contributed by atoms with E-state index in [1.165, 1.54) is 6.33 Å². The van der Waals surface area contributed by atoms with Gasteiger partial charge in [0.15, 0.2) is 0 Å². The van der Waals surface area contributed by atoms with Crippen molar-refractivity contribution in [3.8, 4) is 5.69 Å². The number of amides is 1. The molecule has 1 atom stereocenters. The van der Waals surface area contributed by atoms with Crippen molar-refractivity contribution in [3.63, 3.8) is 0 Å². The molecule has 0 saturated carbocycles. The number of rotatable bonds is 4. The Morgan fingerprint density at radius 2 is 2.26 bits per heavy atom. The fourth-order valence-corrected chi connectivity index (χ4v) is 2.53. The monoisotopic (exact) mass is 316 g/mol. The number of benzene rings is 1. The molecule has 23 heavy (non-hydrogen) atoms. The number of carboxylic acids is 1. The number of hydrogen-bond acceptors (Lipinski definition) is 5. The van der Waals surface area contributed by atoms with Crippen LogP contribution in [0.4, 0.5) is 0 Å². The van der Waals surface area contributed by atoms with Gasteiger partial charge in [0.2, 0.25) is 0 Å². The summed E-state index contributed by atoms with van der Waals surface area (Å²) in [5.74, 6) is -1.08. The summed E-state index contributed by atoms with van der Waals surface area (Å²) in [7, 11) is 0. The number of nitrogens with zero attached hydrogens (tertiary/aromatic N) is 4. The van der Waals surface area contributed by atoms with Gasteiger partial charge in [-0.2, -0.15) is 5.10 Å². The van der Waals surface area contributed by atoms with E-state index in [1.54, 1.807) is 34.1 Å². The first-order valence-corrected chi connectivity index (χ1v) is 7.21. The highest BCUT2D eigenvalue weighted by atomic mass is 16.5. The third-order valence-electron chi connectivity index (χ3n) is 3.60. The topological polar surface area (TPSA) is 97.6 Å². The van der Waals surface area contributed by atoms with Crippen LogP contribution in [0.2, 0.25) is 0 Å². The second-order valence-electron chi connectivity index (χ2n) is 5.23. The lowest BCUT2D eigenvalue weighted by Gasteiger charge is -2.32. The van der Waals surface area contributed by atoms with E-state index in [9.17, 15) is 9.59 Å². The number of morpholine rings is 1. The number of carbonyl (C=O) groups is 2. The third kappa shape index (κ3) is 3.54. The summed E-state index contributed by atoms with van der Waals surface area (Å²) in [6, 6.07) is 7.07. The zero-order valence-electron chi connectivity index (χ0n) is 12.3. The fourth-order valence-electron chi connectivity index (χ4n) is 2.53. The van der Waals surface area contributed by atoms with Crippen molar-refractivity contribution in [2.75, 3.05) is 19.7 Å². The normalized spacial score (nSPS) is 17.9. The maximum absolute atomic E-state index is 12.6. The van der Waals surface area contributed by atoms with E-state index < -0.39 is 12.1 Å². The van der Waals surface area contributed by atoms with E-state index in [2.05, 4.69) is 10.1 Å². The highest BCUT2D eigenvalue weighted by Crippen LogP contribution is 2.15. The molecule has 1 saturated heterocycles. The molecule has 8 nitrogen and oxygen atoms in total. The predicted octanol–water partition coefficient (Wildman–Crippen LogP) is 0.583. The van der Waals surface area contributed by atoms with Crippen LogP contribution in [0.1, 0.15) is 16.8 Å². The Balaban J connectivity index is 1.75. The smallest absolute Gasteiger partial charge is 0.306 e. The molecular weight excluding hydrogens is 300 g/mol. The standard InChI is InChI=1S/C15H16N4O4/c20-14(21)7-13-8-18(4-5-23-13)15(22)11-2-1-3-12(6-11)19-10-16-9-17-19/h1-3,6,9-10,13H,4-5,7-8H2,(H,20,21)/t13-/m1/s1. The van der Waals surface area contributed by atoms with Gasteiger partial charge in [0.25, 0.3) is 5.91 Å². The average molecular weight is 316 g/mol. The van der Waals surface area contributed by atoms with Gasteiger partial charge in [0.05, 0.1) is 24.8 Å². The van der Waals surface area contributed by atoms with E-state index in [0.717, 1.165) is 5.69 Å². The van der Waals surface area contributed by atoms with Crippen molar-refractivity contribution >= 4 is 11.9 Å². The molecule has 2 aromatic rings. The molecule has 0 spiro atoms. The van der Waals surface area contributed by atoms with E-state index in [4.69, 9.17) is 9.84 Å². The SMILES string of the molecule is O=C(O)C[C@@H]1CN(C(=O)c2cccc(-n3cncn3)c2)CCO1. The first kappa shape index (κ1) is 15.2. The molecule has 8 heteroatoms. The van der Waals surface area contributed by atoms with Crippen LogP contribution in [0.15, 0.2) is 36.9 Å². The van der Waals surface area contributed by atoms with Gasteiger partial charge >= 0.3 is 5.97 Å². The molecule has 0 unspecified atom stereocenters. The Labute approximate surface area is 132 Å². The molecular formula is C15H16N4O4. The van der Waals surface area contributed by atoms with Crippen molar-refractivity contribution in [2.24, 2.45) is 0 Å². The third-order valence-corrected chi connectivity index (χ3v) is 3.60. The Morgan fingerprint density at radius 1 is 1.39 bits per heavy atom. The second kappa shape index (κ2) is 6.57. The van der Waals surface area contributed by atoms with Gasteiger partial charge < -0.3 is 14.7 Å². The minimum Gasteiger partial charge on any atom is -0.481 e. The Kier molecular flexibility index (Phi) is 4.33. The fraction of sp³-hybridized carbons (Fsp3) is 0.333. The summed E-state index contributed by atoms with van der Waals surface area (Å²) in [4.78, 5) is 28.9. The molecule has 120 valence electrons. The van der Waals surface area contributed by atoms with Crippen LogP contribution in [0, 0.1) is 0 Å². The predicted molar refractivity (Wildman–Crippen MR) is 79.3 cm³/mol.